The molecule has 1 heterocycles. The summed E-state index contributed by atoms with van der Waals surface area (Å²) in [5.41, 5.74) is 2.28. The molecule has 1 saturated carbocycles. The highest BCUT2D eigenvalue weighted by atomic mass is 16.6. The number of ether oxygens (including phenoxy) is 1. The average Bonchev–Trinajstić information content (AvgIpc) is 3.40. The first-order valence-electron chi connectivity index (χ1n) is 7.99. The van der Waals surface area contributed by atoms with E-state index in [0.29, 0.717) is 6.54 Å². The SMILES string of the molecule is COC(=O)c1cnc(NCC2(c3ccccc3C)CC2)c([N+](=O)[O-])c1. The molecule has 2 aromatic rings. The highest BCUT2D eigenvalue weighted by Crippen LogP contribution is 2.49. The van der Waals surface area contributed by atoms with Gasteiger partial charge in [0.2, 0.25) is 5.82 Å². The highest BCUT2D eigenvalue weighted by molar-refractivity contribution is 5.90. The monoisotopic (exact) mass is 341 g/mol. The molecule has 1 aromatic carbocycles. The van der Waals surface area contributed by atoms with Crippen LogP contribution >= 0.6 is 0 Å². The maximum absolute atomic E-state index is 11.5. The van der Waals surface area contributed by atoms with Gasteiger partial charge in [0.25, 0.3) is 0 Å². The summed E-state index contributed by atoms with van der Waals surface area (Å²) < 4.78 is 4.58. The van der Waals surface area contributed by atoms with Crippen LogP contribution < -0.4 is 5.32 Å². The predicted octanol–water partition coefficient (Wildman–Crippen LogP) is 3.23. The van der Waals surface area contributed by atoms with Gasteiger partial charge in [-0.3, -0.25) is 10.1 Å². The number of hydrogen-bond donors (Lipinski definition) is 1. The Morgan fingerprint density at radius 2 is 2.12 bits per heavy atom. The lowest BCUT2D eigenvalue weighted by Crippen LogP contribution is -2.21. The summed E-state index contributed by atoms with van der Waals surface area (Å²) in [6.45, 7) is 2.63. The summed E-state index contributed by atoms with van der Waals surface area (Å²) in [4.78, 5) is 26.4. The quantitative estimate of drug-likeness (QED) is 0.492. The second kappa shape index (κ2) is 6.51. The van der Waals surface area contributed by atoms with Crippen molar-refractivity contribution in [1.82, 2.24) is 4.98 Å². The number of carbonyl (C=O) groups excluding carboxylic acids is 1. The van der Waals surface area contributed by atoms with Crippen LogP contribution in [0.1, 0.15) is 34.3 Å². The van der Waals surface area contributed by atoms with Crippen LogP contribution in [0.4, 0.5) is 11.5 Å². The molecule has 3 rings (SSSR count). The second-order valence-corrected chi connectivity index (χ2v) is 6.29. The molecule has 0 radical (unpaired) electrons. The molecule has 25 heavy (non-hydrogen) atoms. The molecule has 0 aliphatic heterocycles. The zero-order valence-electron chi connectivity index (χ0n) is 14.1. The lowest BCUT2D eigenvalue weighted by Gasteiger charge is -2.19. The van der Waals surface area contributed by atoms with E-state index in [4.69, 9.17) is 0 Å². The summed E-state index contributed by atoms with van der Waals surface area (Å²) >= 11 is 0. The van der Waals surface area contributed by atoms with E-state index in [2.05, 4.69) is 34.1 Å². The molecule has 0 bridgehead atoms. The first-order chi connectivity index (χ1) is 12.0. The van der Waals surface area contributed by atoms with Gasteiger partial charge in [-0.25, -0.2) is 9.78 Å². The number of pyridine rings is 1. The predicted molar refractivity (Wildman–Crippen MR) is 92.8 cm³/mol. The first kappa shape index (κ1) is 16.9. The molecule has 1 aliphatic rings. The van der Waals surface area contributed by atoms with Crippen molar-refractivity contribution in [2.75, 3.05) is 19.0 Å². The van der Waals surface area contributed by atoms with Gasteiger partial charge in [-0.2, -0.15) is 0 Å². The summed E-state index contributed by atoms with van der Waals surface area (Å²) in [7, 11) is 1.22. The van der Waals surface area contributed by atoms with E-state index < -0.39 is 10.9 Å². The van der Waals surface area contributed by atoms with Crippen LogP contribution in [0.15, 0.2) is 36.5 Å². The van der Waals surface area contributed by atoms with Crippen molar-refractivity contribution in [2.24, 2.45) is 0 Å². The third-order valence-electron chi connectivity index (χ3n) is 4.65. The Morgan fingerprint density at radius 3 is 2.72 bits per heavy atom. The number of hydrogen-bond acceptors (Lipinski definition) is 6. The van der Waals surface area contributed by atoms with Crippen molar-refractivity contribution < 1.29 is 14.5 Å². The van der Waals surface area contributed by atoms with E-state index in [9.17, 15) is 14.9 Å². The molecule has 1 aliphatic carbocycles. The van der Waals surface area contributed by atoms with Gasteiger partial charge < -0.3 is 10.1 Å². The van der Waals surface area contributed by atoms with Crippen molar-refractivity contribution in [3.63, 3.8) is 0 Å². The zero-order chi connectivity index (χ0) is 18.0. The topological polar surface area (TPSA) is 94.4 Å². The molecule has 0 atom stereocenters. The fourth-order valence-electron chi connectivity index (χ4n) is 3.07. The van der Waals surface area contributed by atoms with Gasteiger partial charge >= 0.3 is 11.7 Å². The summed E-state index contributed by atoms with van der Waals surface area (Å²) in [5.74, 6) is -0.488. The molecule has 1 N–H and O–H groups in total. The van der Waals surface area contributed by atoms with Gasteiger partial charge in [0.1, 0.15) is 0 Å². The normalized spacial score (nSPS) is 14.6. The van der Waals surface area contributed by atoms with Crippen LogP contribution in [0.2, 0.25) is 0 Å². The number of nitro groups is 1. The largest absolute Gasteiger partial charge is 0.465 e. The van der Waals surface area contributed by atoms with E-state index in [-0.39, 0.29) is 22.5 Å². The molecule has 130 valence electrons. The Hall–Kier alpha value is -2.96. The fraction of sp³-hybridized carbons (Fsp3) is 0.333. The van der Waals surface area contributed by atoms with Crippen LogP contribution in [-0.2, 0) is 10.2 Å². The summed E-state index contributed by atoms with van der Waals surface area (Å²) in [5, 5.41) is 14.4. The van der Waals surface area contributed by atoms with E-state index in [1.807, 2.05) is 12.1 Å². The van der Waals surface area contributed by atoms with E-state index >= 15 is 0 Å². The van der Waals surface area contributed by atoms with Gasteiger partial charge in [-0.15, -0.1) is 0 Å². The molecule has 0 unspecified atom stereocenters. The number of benzene rings is 1. The Labute approximate surface area is 145 Å². The maximum Gasteiger partial charge on any atom is 0.339 e. The van der Waals surface area contributed by atoms with Gasteiger partial charge in [0, 0.05) is 24.2 Å². The lowest BCUT2D eigenvalue weighted by molar-refractivity contribution is -0.384. The molecular formula is C18H19N3O4. The Balaban J connectivity index is 1.83. The van der Waals surface area contributed by atoms with Gasteiger partial charge in [0.05, 0.1) is 17.6 Å². The van der Waals surface area contributed by atoms with Crippen LogP contribution in [0, 0.1) is 17.0 Å². The second-order valence-electron chi connectivity index (χ2n) is 6.29. The molecule has 7 nitrogen and oxygen atoms in total. The smallest absolute Gasteiger partial charge is 0.339 e. The third kappa shape index (κ3) is 3.31. The Kier molecular flexibility index (Phi) is 4.39. The van der Waals surface area contributed by atoms with Gasteiger partial charge in [-0.1, -0.05) is 24.3 Å². The molecular weight excluding hydrogens is 322 g/mol. The number of methoxy groups -OCH3 is 1. The lowest BCUT2D eigenvalue weighted by atomic mass is 9.92. The van der Waals surface area contributed by atoms with Crippen molar-refractivity contribution in [3.8, 4) is 0 Å². The molecule has 1 fully saturated rings. The Morgan fingerprint density at radius 1 is 1.40 bits per heavy atom. The Bertz CT molecular complexity index is 831. The molecule has 0 spiro atoms. The van der Waals surface area contributed by atoms with Crippen molar-refractivity contribution in [2.45, 2.75) is 25.2 Å². The van der Waals surface area contributed by atoms with Crippen molar-refractivity contribution >= 4 is 17.5 Å². The van der Waals surface area contributed by atoms with E-state index in [1.54, 1.807) is 0 Å². The molecule has 0 amide bonds. The number of aromatic nitrogens is 1. The number of nitrogens with zero attached hydrogens (tertiary/aromatic N) is 2. The number of esters is 1. The number of aryl methyl sites for hydroxylation is 1. The molecule has 0 saturated heterocycles. The average molecular weight is 341 g/mol. The van der Waals surface area contributed by atoms with Gasteiger partial charge in [-0.05, 0) is 30.9 Å². The van der Waals surface area contributed by atoms with Crippen molar-refractivity contribution in [1.29, 1.82) is 0 Å². The van der Waals surface area contributed by atoms with Gasteiger partial charge in [0.15, 0.2) is 0 Å². The standard InChI is InChI=1S/C18H19N3O4/c1-12-5-3-4-6-14(12)18(7-8-18)11-20-16-15(21(23)24)9-13(10-19-16)17(22)25-2/h3-6,9-10H,7-8,11H2,1-2H3,(H,19,20). The number of rotatable bonds is 6. The van der Waals surface area contributed by atoms with Crippen LogP contribution in [-0.4, -0.2) is 29.5 Å². The van der Waals surface area contributed by atoms with E-state index in [1.165, 1.54) is 30.5 Å². The summed E-state index contributed by atoms with van der Waals surface area (Å²) in [6, 6.07) is 9.37. The minimum Gasteiger partial charge on any atom is -0.465 e. The van der Waals surface area contributed by atoms with Crippen LogP contribution in [0.5, 0.6) is 0 Å². The third-order valence-corrected chi connectivity index (χ3v) is 4.65. The van der Waals surface area contributed by atoms with E-state index in [0.717, 1.165) is 12.8 Å². The zero-order valence-corrected chi connectivity index (χ0v) is 14.1. The highest BCUT2D eigenvalue weighted by Gasteiger charge is 2.45. The summed E-state index contributed by atoms with van der Waals surface area (Å²) in [6.07, 6.45) is 3.34. The number of nitrogens with one attached hydrogen (secondary N) is 1. The van der Waals surface area contributed by atoms with Crippen LogP contribution in [0.25, 0.3) is 0 Å². The first-order valence-corrected chi connectivity index (χ1v) is 7.99. The minimum atomic E-state index is -0.652. The number of carbonyl (C=O) groups is 1. The molecule has 7 heteroatoms. The van der Waals surface area contributed by atoms with Crippen LogP contribution in [0.3, 0.4) is 0 Å². The maximum atomic E-state index is 11.5. The number of anilines is 1. The fourth-order valence-corrected chi connectivity index (χ4v) is 3.07. The van der Waals surface area contributed by atoms with Crippen molar-refractivity contribution in [3.05, 3.63) is 63.3 Å². The molecule has 1 aromatic heterocycles. The minimum absolute atomic E-state index is 0.0120.